The predicted octanol–water partition coefficient (Wildman–Crippen LogP) is -0.602. The third-order valence-electron chi connectivity index (χ3n) is 4.30. The van der Waals surface area contributed by atoms with Crippen LogP contribution in [0.5, 0.6) is 0 Å². The van der Waals surface area contributed by atoms with E-state index in [4.69, 9.17) is 5.26 Å². The summed E-state index contributed by atoms with van der Waals surface area (Å²) in [5.41, 5.74) is -0.624. The molecule has 11 heteroatoms. The van der Waals surface area contributed by atoms with E-state index >= 15 is 0 Å². The molecule has 0 aliphatic heterocycles. The van der Waals surface area contributed by atoms with E-state index in [9.17, 15) is 30.0 Å². The van der Waals surface area contributed by atoms with Crippen LogP contribution in [0.3, 0.4) is 0 Å². The Balaban J connectivity index is 1.75. The summed E-state index contributed by atoms with van der Waals surface area (Å²) in [5.74, 6) is -7.58. The van der Waals surface area contributed by atoms with Gasteiger partial charge in [0.2, 0.25) is 0 Å². The maximum Gasteiger partial charge on any atom is 0.275 e. The molecule has 0 aliphatic rings. The second-order valence-corrected chi connectivity index (χ2v) is 6.60. The van der Waals surface area contributed by atoms with Gasteiger partial charge in [0, 0.05) is 17.2 Å². The first kappa shape index (κ1) is 22.5. The monoisotopic (exact) mass is 435 g/mol. The Morgan fingerprint density at radius 2 is 1.25 bits per heavy atom. The molecule has 0 bridgehead atoms. The largest absolute Gasteiger partial charge is 0.345 e. The highest BCUT2D eigenvalue weighted by molar-refractivity contribution is 5.97. The Morgan fingerprint density at radius 1 is 0.781 bits per heavy atom. The van der Waals surface area contributed by atoms with Crippen LogP contribution in [0, 0.1) is 11.3 Å². The van der Waals surface area contributed by atoms with Gasteiger partial charge in [-0.15, -0.1) is 0 Å². The van der Waals surface area contributed by atoms with Crippen molar-refractivity contribution in [1.82, 2.24) is 20.6 Å². The van der Waals surface area contributed by atoms with E-state index < -0.39 is 29.3 Å². The zero-order chi connectivity index (χ0) is 23.4. The molecule has 3 aromatic rings. The normalized spacial score (nSPS) is 11.3. The number of hydrogen-bond acceptors (Lipinski definition) is 9. The molecule has 0 radical (unpaired) electrons. The Morgan fingerprint density at radius 3 is 1.72 bits per heavy atom. The molecule has 0 fully saturated rings. The van der Waals surface area contributed by atoms with Crippen LogP contribution >= 0.6 is 0 Å². The lowest BCUT2D eigenvalue weighted by Gasteiger charge is -2.23. The number of nitriles is 1. The molecule has 6 N–H and O–H groups in total. The Labute approximate surface area is 181 Å². The van der Waals surface area contributed by atoms with Crippen molar-refractivity contribution in [3.8, 4) is 6.07 Å². The Kier molecular flexibility index (Phi) is 6.24. The number of aliphatic hydroxyl groups is 4. The fraction of sp³-hybridized carbons (Fsp3) is 0.0952. The molecule has 0 saturated carbocycles. The molecule has 3 rings (SSSR count). The lowest BCUT2D eigenvalue weighted by atomic mass is 10.1. The summed E-state index contributed by atoms with van der Waals surface area (Å²) < 4.78 is 0. The number of nitrogens with zero attached hydrogens (tertiary/aromatic N) is 3. The quantitative estimate of drug-likeness (QED) is 0.275. The van der Waals surface area contributed by atoms with Crippen molar-refractivity contribution in [2.75, 3.05) is 0 Å². The van der Waals surface area contributed by atoms with Gasteiger partial charge in [0.05, 0.1) is 11.6 Å². The van der Waals surface area contributed by atoms with Crippen LogP contribution in [0.25, 0.3) is 0 Å². The number of carbonyl (C=O) groups excluding carboxylic acids is 2. The highest BCUT2D eigenvalue weighted by Gasteiger charge is 2.31. The number of aromatic nitrogens is 2. The SMILES string of the molecule is N#Cc1ccc(C(O)(O)NC(=O)c2cc(C(=O)NC(O)(O)c3ccccc3)ncn2)cc1. The number of amides is 2. The van der Waals surface area contributed by atoms with E-state index in [1.807, 2.05) is 16.7 Å². The summed E-state index contributed by atoms with van der Waals surface area (Å²) in [6, 6.07) is 15.4. The second-order valence-electron chi connectivity index (χ2n) is 6.60. The highest BCUT2D eigenvalue weighted by atomic mass is 16.5. The number of hydrogen-bond donors (Lipinski definition) is 6. The van der Waals surface area contributed by atoms with Gasteiger partial charge in [-0.2, -0.15) is 5.26 Å². The zero-order valence-electron chi connectivity index (χ0n) is 16.3. The highest BCUT2D eigenvalue weighted by Crippen LogP contribution is 2.17. The predicted molar refractivity (Wildman–Crippen MR) is 107 cm³/mol. The molecule has 0 spiro atoms. The number of carbonyl (C=O) groups is 2. The minimum absolute atomic E-state index is 0.00636. The molecule has 0 unspecified atom stereocenters. The maximum absolute atomic E-state index is 12.4. The molecular weight excluding hydrogens is 418 g/mol. The molecule has 32 heavy (non-hydrogen) atoms. The van der Waals surface area contributed by atoms with Crippen LogP contribution < -0.4 is 10.6 Å². The van der Waals surface area contributed by atoms with Gasteiger partial charge in [-0.25, -0.2) is 9.97 Å². The van der Waals surface area contributed by atoms with Crippen LogP contribution in [0.15, 0.2) is 67.0 Å². The molecule has 2 aromatic carbocycles. The van der Waals surface area contributed by atoms with Gasteiger partial charge in [-0.05, 0) is 12.1 Å². The summed E-state index contributed by atoms with van der Waals surface area (Å²) >= 11 is 0. The summed E-state index contributed by atoms with van der Waals surface area (Å²) in [7, 11) is 0. The van der Waals surface area contributed by atoms with Gasteiger partial charge < -0.3 is 20.4 Å². The van der Waals surface area contributed by atoms with Crippen LogP contribution in [0.4, 0.5) is 0 Å². The minimum atomic E-state index is -2.79. The van der Waals surface area contributed by atoms with Crippen LogP contribution in [-0.4, -0.2) is 42.2 Å². The van der Waals surface area contributed by atoms with Crippen LogP contribution in [-0.2, 0) is 11.8 Å². The van der Waals surface area contributed by atoms with E-state index in [0.717, 1.165) is 12.4 Å². The molecule has 2 amide bonds. The Hall–Kier alpha value is -4.21. The number of rotatable bonds is 6. The lowest BCUT2D eigenvalue weighted by molar-refractivity contribution is -0.186. The number of benzene rings is 2. The van der Waals surface area contributed by atoms with E-state index in [0.29, 0.717) is 0 Å². The van der Waals surface area contributed by atoms with Crippen molar-refractivity contribution in [2.24, 2.45) is 0 Å². The molecule has 11 nitrogen and oxygen atoms in total. The summed E-state index contributed by atoms with van der Waals surface area (Å²) in [6.45, 7) is 0. The van der Waals surface area contributed by atoms with E-state index in [2.05, 4.69) is 9.97 Å². The minimum Gasteiger partial charge on any atom is -0.345 e. The van der Waals surface area contributed by atoms with E-state index in [1.54, 1.807) is 18.2 Å². The van der Waals surface area contributed by atoms with Crippen molar-refractivity contribution in [1.29, 1.82) is 5.26 Å². The smallest absolute Gasteiger partial charge is 0.275 e. The molecule has 162 valence electrons. The first-order valence-electron chi connectivity index (χ1n) is 9.05. The van der Waals surface area contributed by atoms with Crippen molar-refractivity contribution in [3.63, 3.8) is 0 Å². The van der Waals surface area contributed by atoms with E-state index in [1.165, 1.54) is 36.4 Å². The lowest BCUT2D eigenvalue weighted by Crippen LogP contribution is -2.47. The van der Waals surface area contributed by atoms with E-state index in [-0.39, 0.29) is 22.4 Å². The molecule has 0 saturated heterocycles. The van der Waals surface area contributed by atoms with Crippen LogP contribution in [0.1, 0.15) is 37.7 Å². The summed E-state index contributed by atoms with van der Waals surface area (Å²) in [6.07, 6.45) is 0.876. The fourth-order valence-electron chi connectivity index (χ4n) is 2.64. The molecule has 0 aliphatic carbocycles. The van der Waals surface area contributed by atoms with Crippen molar-refractivity contribution in [3.05, 3.63) is 95.1 Å². The standard InChI is InChI=1S/C21H17N5O6/c22-11-13-6-8-15(9-7-13)21(31,32)26-19(28)17-10-16(23-12-24-17)18(27)25-20(29,30)14-4-2-1-3-5-14/h1-10,12,29-32H,(H,25,27)(H,26,28). The summed E-state index contributed by atoms with van der Waals surface area (Å²) in [4.78, 5) is 32.2. The average molecular weight is 435 g/mol. The molecule has 1 aromatic heterocycles. The molecular formula is C21H17N5O6. The fourth-order valence-corrected chi connectivity index (χ4v) is 2.64. The van der Waals surface area contributed by atoms with Crippen molar-refractivity contribution >= 4 is 11.8 Å². The zero-order valence-corrected chi connectivity index (χ0v) is 16.3. The van der Waals surface area contributed by atoms with Gasteiger partial charge in [0.25, 0.3) is 23.6 Å². The van der Waals surface area contributed by atoms with Gasteiger partial charge >= 0.3 is 0 Å². The second kappa shape index (κ2) is 8.88. The van der Waals surface area contributed by atoms with Crippen LogP contribution in [0.2, 0.25) is 0 Å². The van der Waals surface area contributed by atoms with Gasteiger partial charge in [-0.1, -0.05) is 42.5 Å². The van der Waals surface area contributed by atoms with Gasteiger partial charge in [0.15, 0.2) is 0 Å². The Bertz CT molecular complexity index is 1170. The molecule has 1 heterocycles. The van der Waals surface area contributed by atoms with Gasteiger partial charge in [0.1, 0.15) is 17.7 Å². The maximum atomic E-state index is 12.4. The van der Waals surface area contributed by atoms with Crippen molar-refractivity contribution < 1.29 is 30.0 Å². The third-order valence-corrected chi connectivity index (χ3v) is 4.30. The average Bonchev–Trinajstić information content (AvgIpc) is 2.79. The van der Waals surface area contributed by atoms with Gasteiger partial charge in [-0.3, -0.25) is 20.2 Å². The summed E-state index contributed by atoms with van der Waals surface area (Å²) in [5, 5.41) is 53.3. The first-order chi connectivity index (χ1) is 15.1. The third kappa shape index (κ3) is 5.09. The molecule has 0 atom stereocenters. The number of nitrogens with one attached hydrogen (secondary N) is 2. The first-order valence-corrected chi connectivity index (χ1v) is 9.05. The topological polar surface area (TPSA) is 189 Å². The van der Waals surface area contributed by atoms with Crippen molar-refractivity contribution in [2.45, 2.75) is 11.8 Å².